The number of rotatable bonds is 2. The van der Waals surface area contributed by atoms with Crippen molar-refractivity contribution in [3.8, 4) is 22.4 Å². The third-order valence-corrected chi connectivity index (χ3v) is 4.68. The second kappa shape index (κ2) is 5.81. The number of benzene rings is 2. The Morgan fingerprint density at radius 3 is 2.46 bits per heavy atom. The Morgan fingerprint density at radius 2 is 1.62 bits per heavy atom. The van der Waals surface area contributed by atoms with Gasteiger partial charge in [-0.3, -0.25) is 4.98 Å². The lowest BCUT2D eigenvalue weighted by Gasteiger charge is -2.04. The van der Waals surface area contributed by atoms with E-state index in [2.05, 4.69) is 53.3 Å². The van der Waals surface area contributed by atoms with Gasteiger partial charge in [-0.15, -0.1) is 0 Å². The first-order chi connectivity index (χ1) is 12.8. The predicted octanol–water partition coefficient (Wildman–Crippen LogP) is 6.02. The third kappa shape index (κ3) is 2.29. The van der Waals surface area contributed by atoms with E-state index in [-0.39, 0.29) is 0 Å². The Kier molecular flexibility index (Phi) is 3.32. The molecule has 0 spiro atoms. The van der Waals surface area contributed by atoms with Crippen molar-refractivity contribution >= 4 is 22.1 Å². The fourth-order valence-corrected chi connectivity index (χ4v) is 3.46. The molecule has 124 valence electrons. The Bertz CT molecular complexity index is 1240. The van der Waals surface area contributed by atoms with Gasteiger partial charge in [-0.1, -0.05) is 42.5 Å². The summed E-state index contributed by atoms with van der Waals surface area (Å²) in [6, 6.07) is 22.7. The second-order valence-corrected chi connectivity index (χ2v) is 6.41. The van der Waals surface area contributed by atoms with E-state index in [0.29, 0.717) is 5.71 Å². The minimum absolute atomic E-state index is 0.654. The van der Waals surface area contributed by atoms with Gasteiger partial charge in [0, 0.05) is 23.3 Å². The van der Waals surface area contributed by atoms with E-state index in [0.717, 1.165) is 38.7 Å². The number of hydrogen-bond donors (Lipinski definition) is 0. The Hall–Kier alpha value is -3.46. The minimum atomic E-state index is 0.654. The smallest absolute Gasteiger partial charge is 0.227 e. The molecular weight excluding hydrogens is 320 g/mol. The molecule has 0 aliphatic heterocycles. The van der Waals surface area contributed by atoms with Gasteiger partial charge in [-0.25, -0.2) is 4.98 Å². The summed E-state index contributed by atoms with van der Waals surface area (Å²) < 4.78 is 6.19. The number of aromatic nitrogens is 2. The highest BCUT2D eigenvalue weighted by Gasteiger charge is 2.16. The lowest BCUT2D eigenvalue weighted by atomic mass is 10.00. The van der Waals surface area contributed by atoms with Crippen LogP contribution in [0.3, 0.4) is 0 Å². The van der Waals surface area contributed by atoms with Gasteiger partial charge in [0.2, 0.25) is 5.71 Å². The van der Waals surface area contributed by atoms with Gasteiger partial charge in [-0.05, 0) is 47.9 Å². The summed E-state index contributed by atoms with van der Waals surface area (Å²) in [5.74, 6) is 0. The number of pyridine rings is 2. The molecule has 0 aliphatic rings. The highest BCUT2D eigenvalue weighted by molar-refractivity contribution is 6.14. The number of fused-ring (bicyclic) bond motifs is 3. The zero-order valence-electron chi connectivity index (χ0n) is 14.3. The van der Waals surface area contributed by atoms with Crippen molar-refractivity contribution in [2.75, 3.05) is 0 Å². The summed E-state index contributed by atoms with van der Waals surface area (Å²) in [5.41, 5.74) is 6.84. The van der Waals surface area contributed by atoms with Crippen molar-refractivity contribution in [1.29, 1.82) is 0 Å². The van der Waals surface area contributed by atoms with Gasteiger partial charge in [0.1, 0.15) is 5.58 Å². The molecular formula is C23H16N2O. The van der Waals surface area contributed by atoms with E-state index in [4.69, 9.17) is 4.42 Å². The molecule has 0 saturated carbocycles. The van der Waals surface area contributed by atoms with E-state index in [1.165, 1.54) is 5.56 Å². The normalized spacial score (nSPS) is 11.3. The van der Waals surface area contributed by atoms with E-state index in [1.54, 1.807) is 6.20 Å². The van der Waals surface area contributed by atoms with Crippen molar-refractivity contribution in [3.05, 3.63) is 84.7 Å². The molecule has 26 heavy (non-hydrogen) atoms. The first kappa shape index (κ1) is 14.8. The number of furan rings is 1. The van der Waals surface area contributed by atoms with Crippen molar-refractivity contribution < 1.29 is 4.42 Å². The summed E-state index contributed by atoms with van der Waals surface area (Å²) in [6.07, 6.45) is 3.64. The maximum Gasteiger partial charge on any atom is 0.227 e. The van der Waals surface area contributed by atoms with Crippen LogP contribution in [-0.4, -0.2) is 9.97 Å². The predicted molar refractivity (Wildman–Crippen MR) is 105 cm³/mol. The van der Waals surface area contributed by atoms with Crippen LogP contribution in [-0.2, 0) is 0 Å². The summed E-state index contributed by atoms with van der Waals surface area (Å²) in [6.45, 7) is 2.07. The van der Waals surface area contributed by atoms with Crippen molar-refractivity contribution in [2.24, 2.45) is 0 Å². The zero-order valence-corrected chi connectivity index (χ0v) is 14.3. The van der Waals surface area contributed by atoms with Crippen LogP contribution in [0.25, 0.3) is 44.5 Å². The van der Waals surface area contributed by atoms with Crippen molar-refractivity contribution in [3.63, 3.8) is 0 Å². The van der Waals surface area contributed by atoms with E-state index < -0.39 is 0 Å². The molecule has 0 aliphatic carbocycles. The van der Waals surface area contributed by atoms with E-state index in [9.17, 15) is 0 Å². The first-order valence-electron chi connectivity index (χ1n) is 8.60. The quantitative estimate of drug-likeness (QED) is 0.396. The third-order valence-electron chi connectivity index (χ3n) is 4.68. The molecule has 2 aromatic carbocycles. The summed E-state index contributed by atoms with van der Waals surface area (Å²) in [5, 5.41) is 2.11. The molecule has 0 fully saturated rings. The monoisotopic (exact) mass is 336 g/mol. The highest BCUT2D eigenvalue weighted by Crippen LogP contribution is 2.39. The van der Waals surface area contributed by atoms with E-state index in [1.807, 2.05) is 36.5 Å². The fourth-order valence-electron chi connectivity index (χ4n) is 3.46. The number of para-hydroxylation sites is 1. The van der Waals surface area contributed by atoms with E-state index >= 15 is 0 Å². The van der Waals surface area contributed by atoms with Crippen LogP contribution in [0.2, 0.25) is 0 Å². The molecule has 3 nitrogen and oxygen atoms in total. The molecule has 3 aromatic heterocycles. The molecule has 0 radical (unpaired) electrons. The molecule has 5 aromatic rings. The van der Waals surface area contributed by atoms with Gasteiger partial charge < -0.3 is 4.42 Å². The zero-order chi connectivity index (χ0) is 17.5. The summed E-state index contributed by atoms with van der Waals surface area (Å²) in [4.78, 5) is 9.00. The average molecular weight is 336 g/mol. The topological polar surface area (TPSA) is 38.9 Å². The maximum absolute atomic E-state index is 6.19. The lowest BCUT2D eigenvalue weighted by molar-refractivity contribution is 0.655. The summed E-state index contributed by atoms with van der Waals surface area (Å²) >= 11 is 0. The Balaban J connectivity index is 1.85. The molecule has 3 heteroatoms. The lowest BCUT2D eigenvalue weighted by Crippen LogP contribution is -1.85. The van der Waals surface area contributed by atoms with Crippen LogP contribution < -0.4 is 0 Å². The molecule has 5 rings (SSSR count). The molecule has 0 N–H and O–H groups in total. The molecule has 0 amide bonds. The second-order valence-electron chi connectivity index (χ2n) is 6.41. The molecule has 3 heterocycles. The SMILES string of the molecule is Cc1ccnc(-c2cccc3c2oc2nccc(-c4ccccc4)c23)c1. The molecule has 0 saturated heterocycles. The maximum atomic E-state index is 6.19. The Labute approximate surface area is 151 Å². The minimum Gasteiger partial charge on any atom is -0.437 e. The van der Waals surface area contributed by atoms with Gasteiger partial charge in [-0.2, -0.15) is 0 Å². The largest absolute Gasteiger partial charge is 0.437 e. The van der Waals surface area contributed by atoms with Crippen LogP contribution in [0.5, 0.6) is 0 Å². The van der Waals surface area contributed by atoms with Crippen LogP contribution >= 0.6 is 0 Å². The van der Waals surface area contributed by atoms with Gasteiger partial charge in [0.25, 0.3) is 0 Å². The first-order valence-corrected chi connectivity index (χ1v) is 8.60. The molecule has 0 unspecified atom stereocenters. The number of nitrogens with zero attached hydrogens (tertiary/aromatic N) is 2. The fraction of sp³-hybridized carbons (Fsp3) is 0.0435. The van der Waals surface area contributed by atoms with Gasteiger partial charge in [0.05, 0.1) is 11.1 Å². The number of hydrogen-bond acceptors (Lipinski definition) is 3. The van der Waals surface area contributed by atoms with Crippen LogP contribution in [0, 0.1) is 6.92 Å². The van der Waals surface area contributed by atoms with Crippen LogP contribution in [0.15, 0.2) is 83.5 Å². The molecule has 0 atom stereocenters. The van der Waals surface area contributed by atoms with Crippen molar-refractivity contribution in [1.82, 2.24) is 9.97 Å². The summed E-state index contributed by atoms with van der Waals surface area (Å²) in [7, 11) is 0. The molecule has 0 bridgehead atoms. The standard InChI is InChI=1S/C23H16N2O/c1-15-10-12-24-20(14-15)18-8-5-9-19-21-17(16-6-3-2-4-7-16)11-13-25-23(21)26-22(18)19/h2-14H,1H3. The number of aryl methyl sites for hydroxylation is 1. The van der Waals surface area contributed by atoms with Gasteiger partial charge >= 0.3 is 0 Å². The average Bonchev–Trinajstić information content (AvgIpc) is 3.07. The van der Waals surface area contributed by atoms with Crippen LogP contribution in [0.4, 0.5) is 0 Å². The highest BCUT2D eigenvalue weighted by atomic mass is 16.3. The van der Waals surface area contributed by atoms with Crippen molar-refractivity contribution in [2.45, 2.75) is 6.92 Å². The van der Waals surface area contributed by atoms with Gasteiger partial charge in [0.15, 0.2) is 0 Å². The van der Waals surface area contributed by atoms with Crippen LogP contribution in [0.1, 0.15) is 5.56 Å². The Morgan fingerprint density at radius 1 is 0.769 bits per heavy atom.